The van der Waals surface area contributed by atoms with Gasteiger partial charge in [-0.15, -0.1) is 0 Å². The van der Waals surface area contributed by atoms with Crippen molar-refractivity contribution in [3.8, 4) is 0 Å². The molecule has 0 saturated heterocycles. The van der Waals surface area contributed by atoms with Gasteiger partial charge in [0.25, 0.3) is 5.92 Å². The number of hydrogen-bond acceptors (Lipinski definition) is 2. The average molecular weight is 425 g/mol. The van der Waals surface area contributed by atoms with E-state index in [1.807, 2.05) is 22.6 Å². The molecular weight excluding hydrogens is 418 g/mol. The van der Waals surface area contributed by atoms with Gasteiger partial charge in [0.1, 0.15) is 6.61 Å². The Morgan fingerprint density at radius 3 is 2.36 bits per heavy atom. The van der Waals surface area contributed by atoms with Crippen LogP contribution in [0.3, 0.4) is 0 Å². The second kappa shape index (κ2) is 4.44. The van der Waals surface area contributed by atoms with Crippen LogP contribution >= 0.6 is 45.2 Å². The lowest BCUT2D eigenvalue weighted by atomic mass is 10.1. The summed E-state index contributed by atoms with van der Waals surface area (Å²) in [6.07, 6.45) is 0. The van der Waals surface area contributed by atoms with E-state index in [1.165, 1.54) is 12.1 Å². The predicted molar refractivity (Wildman–Crippen MR) is 67.3 cm³/mol. The van der Waals surface area contributed by atoms with E-state index in [9.17, 15) is 8.78 Å². The van der Waals surface area contributed by atoms with Crippen LogP contribution in [-0.4, -0.2) is 11.7 Å². The van der Waals surface area contributed by atoms with Crippen molar-refractivity contribution >= 4 is 50.9 Å². The van der Waals surface area contributed by atoms with Gasteiger partial charge in [-0.25, -0.2) is 0 Å². The number of aliphatic hydroxyl groups excluding tert-OH is 1. The Morgan fingerprint density at radius 1 is 1.29 bits per heavy atom. The van der Waals surface area contributed by atoms with Gasteiger partial charge in [0.2, 0.25) is 0 Å². The van der Waals surface area contributed by atoms with Gasteiger partial charge in [-0.3, -0.25) is 0 Å². The van der Waals surface area contributed by atoms with E-state index < -0.39 is 12.5 Å². The molecule has 78 valence electrons. The van der Waals surface area contributed by atoms with Crippen molar-refractivity contribution in [1.29, 1.82) is 0 Å². The Kier molecular flexibility index (Phi) is 3.92. The summed E-state index contributed by atoms with van der Waals surface area (Å²) in [6, 6.07) is 2.77. The lowest BCUT2D eigenvalue weighted by molar-refractivity contribution is -0.0563. The van der Waals surface area contributed by atoms with Crippen molar-refractivity contribution in [1.82, 2.24) is 0 Å². The van der Waals surface area contributed by atoms with Crippen LogP contribution in [0.5, 0.6) is 0 Å². The van der Waals surface area contributed by atoms with Gasteiger partial charge in [-0.2, -0.15) is 8.78 Å². The number of hydrogen-bond donors (Lipinski definition) is 2. The molecule has 0 fully saturated rings. The van der Waals surface area contributed by atoms with Crippen molar-refractivity contribution in [3.63, 3.8) is 0 Å². The molecular formula is C8H7F2I2NO. The Labute approximate surface area is 107 Å². The van der Waals surface area contributed by atoms with Gasteiger partial charge in [0, 0.05) is 18.4 Å². The van der Waals surface area contributed by atoms with E-state index in [4.69, 9.17) is 10.8 Å². The van der Waals surface area contributed by atoms with Crippen molar-refractivity contribution < 1.29 is 13.9 Å². The van der Waals surface area contributed by atoms with Crippen molar-refractivity contribution in [3.05, 3.63) is 24.8 Å². The highest BCUT2D eigenvalue weighted by atomic mass is 127. The first-order chi connectivity index (χ1) is 6.38. The molecule has 1 rings (SSSR count). The van der Waals surface area contributed by atoms with Crippen LogP contribution in [-0.2, 0) is 5.92 Å². The molecule has 0 saturated carbocycles. The van der Waals surface area contributed by atoms with E-state index in [2.05, 4.69) is 0 Å². The topological polar surface area (TPSA) is 46.2 Å². The fourth-order valence-corrected chi connectivity index (χ4v) is 2.28. The lowest BCUT2D eigenvalue weighted by Gasteiger charge is -2.16. The molecule has 0 amide bonds. The Hall–Kier alpha value is 0.300. The van der Waals surface area contributed by atoms with Crippen LogP contribution in [0, 0.1) is 7.14 Å². The number of anilines is 1. The molecule has 2 nitrogen and oxygen atoms in total. The third-order valence-electron chi connectivity index (χ3n) is 1.68. The molecule has 0 heterocycles. The number of nitrogens with two attached hydrogens (primary N) is 1. The van der Waals surface area contributed by atoms with Crippen molar-refractivity contribution in [2.24, 2.45) is 0 Å². The van der Waals surface area contributed by atoms with E-state index in [0.717, 1.165) is 0 Å². The molecule has 3 N–H and O–H groups in total. The first kappa shape index (κ1) is 12.4. The molecule has 0 aromatic heterocycles. The normalized spacial score (nSPS) is 11.8. The van der Waals surface area contributed by atoms with Crippen LogP contribution in [0.25, 0.3) is 0 Å². The number of aliphatic hydroxyl groups is 1. The number of halogens is 4. The van der Waals surface area contributed by atoms with Gasteiger partial charge in [0.05, 0.1) is 0 Å². The Bertz CT molecular complexity index is 357. The number of benzene rings is 1. The zero-order chi connectivity index (χ0) is 10.9. The van der Waals surface area contributed by atoms with Gasteiger partial charge in [0.15, 0.2) is 0 Å². The summed E-state index contributed by atoms with van der Waals surface area (Å²) in [7, 11) is 0. The maximum atomic E-state index is 13.2. The first-order valence-electron chi connectivity index (χ1n) is 3.62. The fraction of sp³-hybridized carbons (Fsp3) is 0.250. The third kappa shape index (κ3) is 2.45. The summed E-state index contributed by atoms with van der Waals surface area (Å²) in [5, 5.41) is 8.55. The van der Waals surface area contributed by atoms with Crippen LogP contribution in [0.4, 0.5) is 14.5 Å². The number of alkyl halides is 2. The van der Waals surface area contributed by atoms with Gasteiger partial charge < -0.3 is 10.8 Å². The summed E-state index contributed by atoms with van der Waals surface area (Å²) in [4.78, 5) is 0. The van der Waals surface area contributed by atoms with Gasteiger partial charge in [-0.1, -0.05) is 0 Å². The highest BCUT2D eigenvalue weighted by Crippen LogP contribution is 2.34. The Balaban J connectivity index is 3.29. The minimum atomic E-state index is -3.20. The SMILES string of the molecule is Nc1cc(I)c(C(F)(F)CO)cc1I. The summed E-state index contributed by atoms with van der Waals surface area (Å²) < 4.78 is 27.2. The van der Waals surface area contributed by atoms with Crippen molar-refractivity contribution in [2.75, 3.05) is 12.3 Å². The van der Waals surface area contributed by atoms with E-state index in [1.54, 1.807) is 22.6 Å². The molecule has 0 aliphatic heterocycles. The second-order valence-electron chi connectivity index (χ2n) is 2.72. The zero-order valence-corrected chi connectivity index (χ0v) is 11.2. The molecule has 0 aliphatic rings. The minimum Gasteiger partial charge on any atom is -0.398 e. The monoisotopic (exact) mass is 425 g/mol. The number of rotatable bonds is 2. The molecule has 1 aromatic rings. The van der Waals surface area contributed by atoms with Gasteiger partial charge >= 0.3 is 0 Å². The molecule has 0 aliphatic carbocycles. The third-order valence-corrected chi connectivity index (χ3v) is 3.51. The van der Waals surface area contributed by atoms with E-state index in [0.29, 0.717) is 12.8 Å². The second-order valence-corrected chi connectivity index (χ2v) is 5.04. The standard InChI is InChI=1S/C8H7F2I2NO/c9-8(10,3-14)4-1-6(12)7(13)2-5(4)11/h1-2,14H,3,13H2. The summed E-state index contributed by atoms with van der Waals surface area (Å²) in [5.41, 5.74) is 5.84. The molecule has 14 heavy (non-hydrogen) atoms. The van der Waals surface area contributed by atoms with Crippen molar-refractivity contribution in [2.45, 2.75) is 5.92 Å². The van der Waals surface area contributed by atoms with Crippen LogP contribution in [0.2, 0.25) is 0 Å². The summed E-state index contributed by atoms with van der Waals surface area (Å²) in [6.45, 7) is -1.19. The van der Waals surface area contributed by atoms with Crippen LogP contribution < -0.4 is 5.73 Å². The van der Waals surface area contributed by atoms with Gasteiger partial charge in [-0.05, 0) is 57.3 Å². The highest BCUT2D eigenvalue weighted by Gasteiger charge is 2.33. The maximum absolute atomic E-state index is 13.2. The predicted octanol–water partition coefficient (Wildman–Crippen LogP) is 2.56. The summed E-state index contributed by atoms with van der Waals surface area (Å²) in [5.74, 6) is -3.20. The minimum absolute atomic E-state index is 0.181. The summed E-state index contributed by atoms with van der Waals surface area (Å²) >= 11 is 3.66. The van der Waals surface area contributed by atoms with Crippen LogP contribution in [0.1, 0.15) is 5.56 Å². The average Bonchev–Trinajstić information content (AvgIpc) is 2.11. The quantitative estimate of drug-likeness (QED) is 0.566. The zero-order valence-electron chi connectivity index (χ0n) is 6.90. The molecule has 6 heteroatoms. The highest BCUT2D eigenvalue weighted by molar-refractivity contribution is 14.1. The van der Waals surface area contributed by atoms with E-state index >= 15 is 0 Å². The molecule has 0 spiro atoms. The number of nitrogen functional groups attached to an aromatic ring is 1. The van der Waals surface area contributed by atoms with Crippen LogP contribution in [0.15, 0.2) is 12.1 Å². The fourth-order valence-electron chi connectivity index (χ4n) is 0.928. The molecule has 0 radical (unpaired) electrons. The molecule has 0 bridgehead atoms. The Morgan fingerprint density at radius 2 is 1.86 bits per heavy atom. The van der Waals surface area contributed by atoms with E-state index in [-0.39, 0.29) is 5.56 Å². The molecule has 0 unspecified atom stereocenters. The molecule has 0 atom stereocenters. The molecule has 1 aromatic carbocycles. The smallest absolute Gasteiger partial charge is 0.296 e. The maximum Gasteiger partial charge on any atom is 0.296 e. The lowest BCUT2D eigenvalue weighted by Crippen LogP contribution is -2.20. The first-order valence-corrected chi connectivity index (χ1v) is 5.78. The largest absolute Gasteiger partial charge is 0.398 e.